The zero-order valence-electron chi connectivity index (χ0n) is 13.3. The van der Waals surface area contributed by atoms with Crippen LogP contribution in [0.3, 0.4) is 0 Å². The summed E-state index contributed by atoms with van der Waals surface area (Å²) in [5, 5.41) is 7.61. The van der Waals surface area contributed by atoms with Crippen LogP contribution < -0.4 is 5.73 Å². The normalized spacial score (nSPS) is 10.8. The van der Waals surface area contributed by atoms with Crippen molar-refractivity contribution in [1.82, 2.24) is 15.2 Å². The molecular weight excluding hydrogens is 315 g/mol. The van der Waals surface area contributed by atoms with Crippen molar-refractivity contribution < 1.29 is 4.39 Å². The highest BCUT2D eigenvalue weighted by Gasteiger charge is 2.18. The summed E-state index contributed by atoms with van der Waals surface area (Å²) in [5.74, 6) is -0.271. The van der Waals surface area contributed by atoms with Gasteiger partial charge in [-0.1, -0.05) is 12.1 Å². The Morgan fingerprint density at radius 1 is 0.760 bits per heavy atom. The summed E-state index contributed by atoms with van der Waals surface area (Å²) in [6, 6.07) is 17.8. The number of nitrogens with one attached hydrogen (secondary N) is 1. The summed E-state index contributed by atoms with van der Waals surface area (Å²) in [4.78, 5) is 4.09. The molecule has 0 radical (unpaired) electrons. The van der Waals surface area contributed by atoms with Crippen LogP contribution in [-0.2, 0) is 0 Å². The smallest absolute Gasteiger partial charge is 0.123 e. The number of halogens is 1. The minimum atomic E-state index is -0.271. The molecule has 0 aliphatic carbocycles. The van der Waals surface area contributed by atoms with Gasteiger partial charge in [0.05, 0.1) is 5.69 Å². The molecule has 0 saturated carbocycles. The summed E-state index contributed by atoms with van der Waals surface area (Å²) in [6.07, 6.45) is 3.48. The van der Waals surface area contributed by atoms with Crippen LogP contribution >= 0.6 is 0 Å². The molecule has 3 N–H and O–H groups in total. The van der Waals surface area contributed by atoms with Crippen molar-refractivity contribution >= 4 is 5.69 Å². The van der Waals surface area contributed by atoms with Crippen molar-refractivity contribution in [3.05, 3.63) is 78.9 Å². The van der Waals surface area contributed by atoms with Crippen molar-refractivity contribution in [1.29, 1.82) is 0 Å². The Kier molecular flexibility index (Phi) is 3.74. The van der Waals surface area contributed by atoms with Crippen LogP contribution in [0.25, 0.3) is 33.6 Å². The highest BCUT2D eigenvalue weighted by Crippen LogP contribution is 2.38. The molecule has 0 amide bonds. The minimum absolute atomic E-state index is 0.271. The molecule has 2 heterocycles. The van der Waals surface area contributed by atoms with Crippen LogP contribution in [0.2, 0.25) is 0 Å². The first-order valence-corrected chi connectivity index (χ1v) is 7.83. The highest BCUT2D eigenvalue weighted by atomic mass is 19.1. The SMILES string of the molecule is Nc1ccc(-c2n[nH]c(-c3ccc(F)cc3)c2-c2ccncc2)cc1. The van der Waals surface area contributed by atoms with Crippen molar-refractivity contribution in [3.8, 4) is 33.6 Å². The highest BCUT2D eigenvalue weighted by molar-refractivity contribution is 5.91. The number of benzene rings is 2. The molecule has 0 saturated heterocycles. The third-order valence-electron chi connectivity index (χ3n) is 4.05. The van der Waals surface area contributed by atoms with E-state index in [1.165, 1.54) is 12.1 Å². The van der Waals surface area contributed by atoms with Crippen molar-refractivity contribution in [2.45, 2.75) is 0 Å². The molecule has 5 heteroatoms. The largest absolute Gasteiger partial charge is 0.399 e. The lowest BCUT2D eigenvalue weighted by atomic mass is 9.96. The average molecular weight is 330 g/mol. The molecule has 0 unspecified atom stereocenters. The molecule has 0 aliphatic heterocycles. The molecule has 0 atom stereocenters. The van der Waals surface area contributed by atoms with Gasteiger partial charge in [0.25, 0.3) is 0 Å². The monoisotopic (exact) mass is 330 g/mol. The summed E-state index contributed by atoms with van der Waals surface area (Å²) in [6.45, 7) is 0. The minimum Gasteiger partial charge on any atom is -0.399 e. The number of aromatic amines is 1. The molecule has 2 aromatic heterocycles. The van der Waals surface area contributed by atoms with E-state index in [1.54, 1.807) is 24.5 Å². The number of nitrogen functional groups attached to an aromatic ring is 1. The van der Waals surface area contributed by atoms with E-state index >= 15 is 0 Å². The summed E-state index contributed by atoms with van der Waals surface area (Å²) < 4.78 is 13.3. The number of hydrogen-bond donors (Lipinski definition) is 2. The van der Waals surface area contributed by atoms with Gasteiger partial charge in [0, 0.05) is 34.8 Å². The average Bonchev–Trinajstić information content (AvgIpc) is 3.09. The predicted octanol–water partition coefficient (Wildman–Crippen LogP) is 4.53. The summed E-state index contributed by atoms with van der Waals surface area (Å²) >= 11 is 0. The van der Waals surface area contributed by atoms with E-state index in [4.69, 9.17) is 5.73 Å². The van der Waals surface area contributed by atoms with Crippen molar-refractivity contribution in [2.24, 2.45) is 0 Å². The fraction of sp³-hybridized carbons (Fsp3) is 0. The van der Waals surface area contributed by atoms with E-state index in [1.807, 2.05) is 36.4 Å². The number of hydrogen-bond acceptors (Lipinski definition) is 3. The fourth-order valence-electron chi connectivity index (χ4n) is 2.82. The van der Waals surface area contributed by atoms with Gasteiger partial charge in [-0.3, -0.25) is 10.1 Å². The number of pyridine rings is 1. The van der Waals surface area contributed by atoms with Crippen LogP contribution in [0.1, 0.15) is 0 Å². The van der Waals surface area contributed by atoms with Gasteiger partial charge in [-0.2, -0.15) is 5.10 Å². The molecule has 0 bridgehead atoms. The molecular formula is C20H15FN4. The fourth-order valence-corrected chi connectivity index (χ4v) is 2.82. The Morgan fingerprint density at radius 2 is 1.40 bits per heavy atom. The van der Waals surface area contributed by atoms with E-state index < -0.39 is 0 Å². The Morgan fingerprint density at radius 3 is 2.08 bits per heavy atom. The van der Waals surface area contributed by atoms with Crippen molar-refractivity contribution in [2.75, 3.05) is 5.73 Å². The van der Waals surface area contributed by atoms with Crippen LogP contribution in [0.15, 0.2) is 73.1 Å². The van der Waals surface area contributed by atoms with Crippen LogP contribution in [0, 0.1) is 5.82 Å². The van der Waals surface area contributed by atoms with Gasteiger partial charge < -0.3 is 5.73 Å². The maximum Gasteiger partial charge on any atom is 0.123 e. The van der Waals surface area contributed by atoms with Crippen LogP contribution in [-0.4, -0.2) is 15.2 Å². The quantitative estimate of drug-likeness (QED) is 0.542. The third kappa shape index (κ3) is 2.87. The van der Waals surface area contributed by atoms with Gasteiger partial charge in [-0.15, -0.1) is 0 Å². The third-order valence-corrected chi connectivity index (χ3v) is 4.05. The number of aromatic nitrogens is 3. The van der Waals surface area contributed by atoms with Gasteiger partial charge >= 0.3 is 0 Å². The number of H-pyrrole nitrogens is 1. The van der Waals surface area contributed by atoms with E-state index in [9.17, 15) is 4.39 Å². The summed E-state index contributed by atoms with van der Waals surface area (Å²) in [7, 11) is 0. The van der Waals surface area contributed by atoms with Gasteiger partial charge in [0.15, 0.2) is 0 Å². The number of nitrogens with two attached hydrogens (primary N) is 1. The molecule has 0 aliphatic rings. The standard InChI is InChI=1S/C20H15FN4/c21-16-5-1-14(2-6-16)19-18(13-9-11-23-12-10-13)20(25-24-19)15-3-7-17(22)8-4-15/h1-12H,22H2,(H,24,25). The first-order chi connectivity index (χ1) is 12.2. The molecule has 0 fully saturated rings. The molecule has 0 spiro atoms. The first-order valence-electron chi connectivity index (χ1n) is 7.83. The van der Waals surface area contributed by atoms with Gasteiger partial charge in [-0.25, -0.2) is 4.39 Å². The molecule has 2 aromatic carbocycles. The van der Waals surface area contributed by atoms with E-state index in [0.29, 0.717) is 5.69 Å². The lowest BCUT2D eigenvalue weighted by Crippen LogP contribution is -1.87. The van der Waals surface area contributed by atoms with Gasteiger partial charge in [-0.05, 0) is 54.1 Å². The number of nitrogens with zero attached hydrogens (tertiary/aromatic N) is 2. The van der Waals surface area contributed by atoms with Gasteiger partial charge in [0.2, 0.25) is 0 Å². The zero-order valence-corrected chi connectivity index (χ0v) is 13.3. The zero-order chi connectivity index (χ0) is 17.2. The lowest BCUT2D eigenvalue weighted by Gasteiger charge is -2.07. The van der Waals surface area contributed by atoms with E-state index in [0.717, 1.165) is 33.6 Å². The second-order valence-electron chi connectivity index (χ2n) is 5.69. The second kappa shape index (κ2) is 6.20. The van der Waals surface area contributed by atoms with E-state index in [-0.39, 0.29) is 5.82 Å². The maximum absolute atomic E-state index is 13.3. The second-order valence-corrected chi connectivity index (χ2v) is 5.69. The lowest BCUT2D eigenvalue weighted by molar-refractivity contribution is 0.628. The van der Waals surface area contributed by atoms with E-state index in [2.05, 4.69) is 15.2 Å². The molecule has 122 valence electrons. The van der Waals surface area contributed by atoms with Crippen LogP contribution in [0.5, 0.6) is 0 Å². The first kappa shape index (κ1) is 15.1. The van der Waals surface area contributed by atoms with Crippen LogP contribution in [0.4, 0.5) is 10.1 Å². The summed E-state index contributed by atoms with van der Waals surface area (Å²) in [5.41, 5.74) is 11.9. The molecule has 4 nitrogen and oxygen atoms in total. The molecule has 4 aromatic rings. The van der Waals surface area contributed by atoms with Gasteiger partial charge in [0.1, 0.15) is 11.5 Å². The molecule has 25 heavy (non-hydrogen) atoms. The Bertz CT molecular complexity index is 927. The molecule has 4 rings (SSSR count). The Balaban J connectivity index is 1.94. The number of rotatable bonds is 3. The van der Waals surface area contributed by atoms with Crippen molar-refractivity contribution in [3.63, 3.8) is 0 Å². The Labute approximate surface area is 144 Å². The number of anilines is 1. The predicted molar refractivity (Wildman–Crippen MR) is 97.1 cm³/mol. The Hall–Kier alpha value is -3.47. The topological polar surface area (TPSA) is 67.6 Å². The maximum atomic E-state index is 13.3.